The third kappa shape index (κ3) is 4.78. The van der Waals surface area contributed by atoms with E-state index in [-0.39, 0.29) is 0 Å². The maximum Gasteiger partial charge on any atom is 0.191 e. The van der Waals surface area contributed by atoms with Crippen LogP contribution >= 0.6 is 0 Å². The van der Waals surface area contributed by atoms with Crippen LogP contribution in [0.4, 0.5) is 5.69 Å². The Bertz CT molecular complexity index is 858. The Kier molecular flexibility index (Phi) is 6.12. The van der Waals surface area contributed by atoms with Gasteiger partial charge in [-0.05, 0) is 31.0 Å². The van der Waals surface area contributed by atoms with Gasteiger partial charge in [0.1, 0.15) is 5.82 Å². The van der Waals surface area contributed by atoms with Crippen LogP contribution in [0.15, 0.2) is 41.4 Å². The minimum atomic E-state index is 0.316. The van der Waals surface area contributed by atoms with E-state index in [1.807, 2.05) is 0 Å². The van der Waals surface area contributed by atoms with Gasteiger partial charge in [-0.2, -0.15) is 5.10 Å². The van der Waals surface area contributed by atoms with Crippen LogP contribution in [-0.4, -0.2) is 46.4 Å². The van der Waals surface area contributed by atoms with Crippen LogP contribution in [0.3, 0.4) is 0 Å². The lowest BCUT2D eigenvalue weighted by Gasteiger charge is -2.25. The molecule has 7 heteroatoms. The molecule has 1 aromatic heterocycles. The lowest BCUT2D eigenvalue weighted by Crippen LogP contribution is -2.47. The number of nitrogens with zero attached hydrogens (tertiary/aromatic N) is 5. The third-order valence-corrected chi connectivity index (χ3v) is 5.44. The average molecular weight is 394 g/mol. The molecule has 0 aliphatic carbocycles. The Balaban J connectivity index is 1.36. The first-order chi connectivity index (χ1) is 14.2. The van der Waals surface area contributed by atoms with Gasteiger partial charge in [-0.25, -0.2) is 14.7 Å². The van der Waals surface area contributed by atoms with Gasteiger partial charge in [0.2, 0.25) is 0 Å². The molecule has 29 heavy (non-hydrogen) atoms. The maximum atomic E-state index is 4.81. The molecule has 2 aliphatic heterocycles. The quantitative estimate of drug-likeness (QED) is 0.448. The summed E-state index contributed by atoms with van der Waals surface area (Å²) in [6.07, 6.45) is 7.31. The number of fused-ring (bicyclic) bond motifs is 1. The van der Waals surface area contributed by atoms with E-state index < -0.39 is 0 Å². The predicted molar refractivity (Wildman–Crippen MR) is 117 cm³/mol. The second kappa shape index (κ2) is 9.11. The van der Waals surface area contributed by atoms with Crippen molar-refractivity contribution >= 4 is 11.6 Å². The lowest BCUT2D eigenvalue weighted by atomic mass is 10.1. The molecule has 0 spiro atoms. The zero-order chi connectivity index (χ0) is 20.1. The van der Waals surface area contributed by atoms with E-state index in [2.05, 4.69) is 80.6 Å². The molecule has 1 aromatic carbocycles. The molecule has 7 nitrogen and oxygen atoms in total. The van der Waals surface area contributed by atoms with Crippen LogP contribution in [0.25, 0.3) is 0 Å². The first kappa shape index (κ1) is 19.5. The Morgan fingerprint density at radius 1 is 1.17 bits per heavy atom. The number of rotatable bonds is 6. The predicted octanol–water partition coefficient (Wildman–Crippen LogP) is 2.29. The SMILES string of the molecule is CCNC(=NCc1ccc(N2CC=CC2)cc1)NC1CCc2nc(CC)nn2C1. The van der Waals surface area contributed by atoms with Crippen LogP contribution in [0, 0.1) is 0 Å². The van der Waals surface area contributed by atoms with Crippen LogP contribution in [0.2, 0.25) is 0 Å². The molecule has 4 rings (SSSR count). The summed E-state index contributed by atoms with van der Waals surface area (Å²) in [6.45, 7) is 8.54. The fourth-order valence-corrected chi connectivity index (χ4v) is 3.81. The summed E-state index contributed by atoms with van der Waals surface area (Å²) in [5.74, 6) is 2.91. The number of aryl methyl sites for hydroxylation is 2. The van der Waals surface area contributed by atoms with Gasteiger partial charge >= 0.3 is 0 Å². The lowest BCUT2D eigenvalue weighted by molar-refractivity contribution is 0.392. The number of anilines is 1. The molecule has 0 radical (unpaired) electrons. The molecule has 0 bridgehead atoms. The topological polar surface area (TPSA) is 70.4 Å². The van der Waals surface area contributed by atoms with E-state index in [1.54, 1.807) is 0 Å². The second-order valence-corrected chi connectivity index (χ2v) is 7.60. The number of hydrogen-bond donors (Lipinski definition) is 2. The molecule has 3 heterocycles. The minimum Gasteiger partial charge on any atom is -0.364 e. The first-order valence-electron chi connectivity index (χ1n) is 10.7. The average Bonchev–Trinajstić information content (AvgIpc) is 3.42. The highest BCUT2D eigenvalue weighted by molar-refractivity contribution is 5.80. The zero-order valence-corrected chi connectivity index (χ0v) is 17.4. The minimum absolute atomic E-state index is 0.316. The maximum absolute atomic E-state index is 4.81. The van der Waals surface area contributed by atoms with Gasteiger partial charge in [0.15, 0.2) is 11.8 Å². The van der Waals surface area contributed by atoms with E-state index in [0.29, 0.717) is 12.6 Å². The second-order valence-electron chi connectivity index (χ2n) is 7.60. The summed E-state index contributed by atoms with van der Waals surface area (Å²) >= 11 is 0. The molecule has 2 N–H and O–H groups in total. The van der Waals surface area contributed by atoms with E-state index >= 15 is 0 Å². The van der Waals surface area contributed by atoms with E-state index in [4.69, 9.17) is 4.99 Å². The van der Waals surface area contributed by atoms with Crippen LogP contribution in [0.5, 0.6) is 0 Å². The van der Waals surface area contributed by atoms with Gasteiger partial charge in [-0.3, -0.25) is 0 Å². The Morgan fingerprint density at radius 3 is 2.69 bits per heavy atom. The smallest absolute Gasteiger partial charge is 0.191 e. The highest BCUT2D eigenvalue weighted by Crippen LogP contribution is 2.18. The number of hydrogen-bond acceptors (Lipinski definition) is 4. The number of benzene rings is 1. The molecular formula is C22H31N7. The van der Waals surface area contributed by atoms with Crippen LogP contribution < -0.4 is 15.5 Å². The van der Waals surface area contributed by atoms with Gasteiger partial charge < -0.3 is 15.5 Å². The molecule has 1 atom stereocenters. The monoisotopic (exact) mass is 393 g/mol. The van der Waals surface area contributed by atoms with Gasteiger partial charge in [-0.1, -0.05) is 31.2 Å². The van der Waals surface area contributed by atoms with E-state index in [0.717, 1.165) is 63.0 Å². The van der Waals surface area contributed by atoms with Gasteiger partial charge in [0.25, 0.3) is 0 Å². The number of guanidine groups is 1. The summed E-state index contributed by atoms with van der Waals surface area (Å²) in [6, 6.07) is 9.05. The Morgan fingerprint density at radius 2 is 1.97 bits per heavy atom. The molecular weight excluding hydrogens is 362 g/mol. The van der Waals surface area contributed by atoms with Crippen molar-refractivity contribution < 1.29 is 0 Å². The highest BCUT2D eigenvalue weighted by Gasteiger charge is 2.22. The largest absolute Gasteiger partial charge is 0.364 e. The standard InChI is InChI=1S/C22H31N7/c1-3-20-26-21-12-9-18(16-29(21)27-20)25-22(23-4-2)24-15-17-7-10-19(11-8-17)28-13-5-6-14-28/h5-8,10-11,18H,3-4,9,12-16H2,1-2H3,(H2,23,24,25). The van der Waals surface area contributed by atoms with E-state index in [9.17, 15) is 0 Å². The zero-order valence-electron chi connectivity index (χ0n) is 17.4. The van der Waals surface area contributed by atoms with Crippen molar-refractivity contribution in [3.05, 3.63) is 53.6 Å². The van der Waals surface area contributed by atoms with Crippen molar-refractivity contribution in [2.45, 2.75) is 52.2 Å². The number of aliphatic imine (C=N–C) groups is 1. The van der Waals surface area contributed by atoms with Crippen molar-refractivity contribution in [2.24, 2.45) is 4.99 Å². The van der Waals surface area contributed by atoms with Crippen molar-refractivity contribution in [2.75, 3.05) is 24.5 Å². The molecule has 154 valence electrons. The van der Waals surface area contributed by atoms with Crippen molar-refractivity contribution in [3.8, 4) is 0 Å². The van der Waals surface area contributed by atoms with Crippen molar-refractivity contribution in [1.29, 1.82) is 0 Å². The fraction of sp³-hybridized carbons (Fsp3) is 0.500. The normalized spacial score (nSPS) is 18.8. The number of aromatic nitrogens is 3. The summed E-state index contributed by atoms with van der Waals surface area (Å²) < 4.78 is 2.05. The summed E-state index contributed by atoms with van der Waals surface area (Å²) in [4.78, 5) is 11.8. The Labute approximate surface area is 172 Å². The van der Waals surface area contributed by atoms with Gasteiger partial charge in [0, 0.05) is 44.2 Å². The molecule has 0 amide bonds. The molecule has 0 saturated carbocycles. The molecule has 2 aliphatic rings. The number of nitrogens with one attached hydrogen (secondary N) is 2. The van der Waals surface area contributed by atoms with Crippen molar-refractivity contribution in [3.63, 3.8) is 0 Å². The molecule has 2 aromatic rings. The molecule has 0 saturated heterocycles. The van der Waals surface area contributed by atoms with Crippen LogP contribution in [0.1, 0.15) is 37.5 Å². The van der Waals surface area contributed by atoms with Crippen LogP contribution in [-0.2, 0) is 25.9 Å². The fourth-order valence-electron chi connectivity index (χ4n) is 3.81. The summed E-state index contributed by atoms with van der Waals surface area (Å²) in [7, 11) is 0. The van der Waals surface area contributed by atoms with Crippen molar-refractivity contribution in [1.82, 2.24) is 25.4 Å². The Hall–Kier alpha value is -2.83. The van der Waals surface area contributed by atoms with Gasteiger partial charge in [-0.15, -0.1) is 0 Å². The van der Waals surface area contributed by atoms with Gasteiger partial charge in [0.05, 0.1) is 13.1 Å². The van der Waals surface area contributed by atoms with E-state index in [1.165, 1.54) is 11.3 Å². The third-order valence-electron chi connectivity index (χ3n) is 5.44. The molecule has 0 fully saturated rings. The summed E-state index contributed by atoms with van der Waals surface area (Å²) in [5.41, 5.74) is 2.48. The highest BCUT2D eigenvalue weighted by atomic mass is 15.4. The molecule has 1 unspecified atom stereocenters. The first-order valence-corrected chi connectivity index (χ1v) is 10.7. The summed E-state index contributed by atoms with van der Waals surface area (Å²) in [5, 5.41) is 11.6.